The molecule has 1 unspecified atom stereocenters. The van der Waals surface area contributed by atoms with Gasteiger partial charge in [-0.2, -0.15) is 0 Å². The molecule has 0 amide bonds. The van der Waals surface area contributed by atoms with Gasteiger partial charge in [0.2, 0.25) is 0 Å². The number of rotatable bonds is 5. The summed E-state index contributed by atoms with van der Waals surface area (Å²) in [5.41, 5.74) is 1.61. The van der Waals surface area contributed by atoms with E-state index in [2.05, 4.69) is 5.32 Å². The van der Waals surface area contributed by atoms with E-state index in [1.54, 1.807) is 18.2 Å². The molecule has 2 rings (SSSR count). The van der Waals surface area contributed by atoms with Crippen LogP contribution in [-0.2, 0) is 0 Å². The van der Waals surface area contributed by atoms with Crippen LogP contribution in [0.2, 0.25) is 5.02 Å². The van der Waals surface area contributed by atoms with Crippen molar-refractivity contribution in [3.8, 4) is 0 Å². The predicted octanol–water partition coefficient (Wildman–Crippen LogP) is 4.81. The highest BCUT2D eigenvalue weighted by Crippen LogP contribution is 2.30. The quantitative estimate of drug-likeness (QED) is 0.635. The van der Waals surface area contributed by atoms with Gasteiger partial charge in [0, 0.05) is 11.1 Å². The van der Waals surface area contributed by atoms with E-state index in [1.165, 1.54) is 6.07 Å². The zero-order valence-electron chi connectivity index (χ0n) is 11.0. The molecular weight excluding hydrogens is 276 g/mol. The van der Waals surface area contributed by atoms with Gasteiger partial charge in [0.1, 0.15) is 5.69 Å². The van der Waals surface area contributed by atoms with Crippen molar-refractivity contribution in [2.24, 2.45) is 0 Å². The van der Waals surface area contributed by atoms with Crippen molar-refractivity contribution in [1.29, 1.82) is 0 Å². The van der Waals surface area contributed by atoms with Crippen molar-refractivity contribution in [1.82, 2.24) is 0 Å². The third kappa shape index (κ3) is 3.27. The Morgan fingerprint density at radius 1 is 1.25 bits per heavy atom. The van der Waals surface area contributed by atoms with E-state index in [0.717, 1.165) is 12.0 Å². The fourth-order valence-corrected chi connectivity index (χ4v) is 2.29. The lowest BCUT2D eigenvalue weighted by Crippen LogP contribution is -2.10. The zero-order chi connectivity index (χ0) is 14.5. The Labute approximate surface area is 122 Å². The zero-order valence-corrected chi connectivity index (χ0v) is 11.8. The Hall–Kier alpha value is -2.07. The molecule has 0 saturated carbocycles. The second-order valence-corrected chi connectivity index (χ2v) is 4.87. The van der Waals surface area contributed by atoms with E-state index in [4.69, 9.17) is 11.6 Å². The number of benzene rings is 2. The lowest BCUT2D eigenvalue weighted by molar-refractivity contribution is -0.384. The first-order valence-electron chi connectivity index (χ1n) is 6.37. The molecule has 1 atom stereocenters. The SMILES string of the molecule is CCC(Nc1ccccc1[N+](=O)[O-])c1cccc(Cl)c1. The Balaban J connectivity index is 2.29. The predicted molar refractivity (Wildman–Crippen MR) is 81.2 cm³/mol. The van der Waals surface area contributed by atoms with Gasteiger partial charge in [-0.3, -0.25) is 10.1 Å². The number of halogens is 1. The first kappa shape index (κ1) is 14.3. The summed E-state index contributed by atoms with van der Waals surface area (Å²) in [5, 5.41) is 14.9. The van der Waals surface area contributed by atoms with Gasteiger partial charge in [0.15, 0.2) is 0 Å². The Kier molecular flexibility index (Phi) is 4.58. The average Bonchev–Trinajstić information content (AvgIpc) is 2.45. The van der Waals surface area contributed by atoms with E-state index in [0.29, 0.717) is 10.7 Å². The minimum absolute atomic E-state index is 0.0187. The van der Waals surface area contributed by atoms with Crippen LogP contribution in [0.1, 0.15) is 24.9 Å². The minimum atomic E-state index is -0.382. The molecule has 0 saturated heterocycles. The van der Waals surface area contributed by atoms with Crippen LogP contribution in [0.3, 0.4) is 0 Å². The van der Waals surface area contributed by atoms with Crippen molar-refractivity contribution >= 4 is 23.0 Å². The second kappa shape index (κ2) is 6.39. The number of nitro groups is 1. The standard InChI is InChI=1S/C15H15ClN2O2/c1-2-13(11-6-5-7-12(16)10-11)17-14-8-3-4-9-15(14)18(19)20/h3-10,13,17H,2H2,1H3. The number of nitrogens with zero attached hydrogens (tertiary/aromatic N) is 1. The van der Waals surface area contributed by atoms with Gasteiger partial charge < -0.3 is 5.32 Å². The topological polar surface area (TPSA) is 55.2 Å². The summed E-state index contributed by atoms with van der Waals surface area (Å²) in [6.45, 7) is 2.02. The van der Waals surface area contributed by atoms with Crippen LogP contribution in [0.25, 0.3) is 0 Å². The van der Waals surface area contributed by atoms with Crippen molar-refractivity contribution in [2.75, 3.05) is 5.32 Å². The van der Waals surface area contributed by atoms with Gasteiger partial charge in [0.05, 0.1) is 11.0 Å². The van der Waals surface area contributed by atoms with Crippen LogP contribution >= 0.6 is 11.6 Å². The fourth-order valence-electron chi connectivity index (χ4n) is 2.09. The van der Waals surface area contributed by atoms with Crippen molar-refractivity contribution < 1.29 is 4.92 Å². The summed E-state index contributed by atoms with van der Waals surface area (Å²) in [5.74, 6) is 0. The Morgan fingerprint density at radius 2 is 2.00 bits per heavy atom. The normalized spacial score (nSPS) is 11.9. The summed E-state index contributed by atoms with van der Waals surface area (Å²) in [7, 11) is 0. The molecule has 0 heterocycles. The highest BCUT2D eigenvalue weighted by Gasteiger charge is 2.16. The number of hydrogen-bond donors (Lipinski definition) is 1. The van der Waals surface area contributed by atoms with Gasteiger partial charge >= 0.3 is 0 Å². The Morgan fingerprint density at radius 3 is 2.65 bits per heavy atom. The molecule has 0 aliphatic carbocycles. The summed E-state index contributed by atoms with van der Waals surface area (Å²) in [6.07, 6.45) is 0.798. The van der Waals surface area contributed by atoms with Crippen LogP contribution < -0.4 is 5.32 Å². The van der Waals surface area contributed by atoms with Gasteiger partial charge in [0.25, 0.3) is 5.69 Å². The van der Waals surface area contributed by atoms with E-state index in [1.807, 2.05) is 31.2 Å². The lowest BCUT2D eigenvalue weighted by Gasteiger charge is -2.19. The average molecular weight is 291 g/mol. The van der Waals surface area contributed by atoms with Crippen molar-refractivity contribution in [2.45, 2.75) is 19.4 Å². The maximum absolute atomic E-state index is 11.0. The second-order valence-electron chi connectivity index (χ2n) is 4.43. The number of anilines is 1. The molecule has 0 spiro atoms. The monoisotopic (exact) mass is 290 g/mol. The van der Waals surface area contributed by atoms with E-state index in [-0.39, 0.29) is 16.7 Å². The molecule has 0 radical (unpaired) electrons. The van der Waals surface area contributed by atoms with Crippen LogP contribution in [0, 0.1) is 10.1 Å². The van der Waals surface area contributed by atoms with Gasteiger partial charge in [-0.15, -0.1) is 0 Å². The highest BCUT2D eigenvalue weighted by atomic mass is 35.5. The lowest BCUT2D eigenvalue weighted by atomic mass is 10.0. The molecule has 0 aromatic heterocycles. The molecule has 2 aromatic rings. The van der Waals surface area contributed by atoms with Crippen LogP contribution in [-0.4, -0.2) is 4.92 Å². The van der Waals surface area contributed by atoms with Crippen LogP contribution in [0.15, 0.2) is 48.5 Å². The molecule has 104 valence electrons. The summed E-state index contributed by atoms with van der Waals surface area (Å²) in [4.78, 5) is 10.6. The summed E-state index contributed by atoms with van der Waals surface area (Å²) in [6, 6.07) is 14.1. The van der Waals surface area contributed by atoms with Gasteiger partial charge in [-0.25, -0.2) is 0 Å². The molecule has 2 aromatic carbocycles. The molecule has 0 fully saturated rings. The first-order valence-corrected chi connectivity index (χ1v) is 6.75. The van der Waals surface area contributed by atoms with Gasteiger partial charge in [-0.05, 0) is 30.2 Å². The molecule has 0 bridgehead atoms. The van der Waals surface area contributed by atoms with Crippen LogP contribution in [0.4, 0.5) is 11.4 Å². The van der Waals surface area contributed by atoms with Crippen LogP contribution in [0.5, 0.6) is 0 Å². The summed E-state index contributed by atoms with van der Waals surface area (Å²) >= 11 is 5.99. The molecule has 4 nitrogen and oxygen atoms in total. The molecule has 5 heteroatoms. The van der Waals surface area contributed by atoms with E-state index >= 15 is 0 Å². The fraction of sp³-hybridized carbons (Fsp3) is 0.200. The molecular formula is C15H15ClN2O2. The maximum Gasteiger partial charge on any atom is 0.292 e. The molecule has 0 aliphatic heterocycles. The third-order valence-electron chi connectivity index (χ3n) is 3.09. The molecule has 20 heavy (non-hydrogen) atoms. The number of hydrogen-bond acceptors (Lipinski definition) is 3. The maximum atomic E-state index is 11.0. The van der Waals surface area contributed by atoms with E-state index in [9.17, 15) is 10.1 Å². The Bertz CT molecular complexity index is 616. The minimum Gasteiger partial charge on any atom is -0.373 e. The molecule has 0 aliphatic rings. The third-order valence-corrected chi connectivity index (χ3v) is 3.32. The van der Waals surface area contributed by atoms with Crippen molar-refractivity contribution in [3.05, 3.63) is 69.2 Å². The summed E-state index contributed by atoms with van der Waals surface area (Å²) < 4.78 is 0. The smallest absolute Gasteiger partial charge is 0.292 e. The molecule has 1 N–H and O–H groups in total. The van der Waals surface area contributed by atoms with E-state index < -0.39 is 0 Å². The largest absolute Gasteiger partial charge is 0.373 e. The number of nitro benzene ring substituents is 1. The highest BCUT2D eigenvalue weighted by molar-refractivity contribution is 6.30. The van der Waals surface area contributed by atoms with Gasteiger partial charge in [-0.1, -0.05) is 42.8 Å². The van der Waals surface area contributed by atoms with Crippen molar-refractivity contribution in [3.63, 3.8) is 0 Å². The number of para-hydroxylation sites is 2. The first-order chi connectivity index (χ1) is 9.61. The number of nitrogens with one attached hydrogen (secondary N) is 1.